The number of carbonyl (C=O) groups is 1. The first-order valence-corrected chi connectivity index (χ1v) is 5.32. The van der Waals surface area contributed by atoms with Gasteiger partial charge in [0, 0.05) is 6.54 Å². The quantitative estimate of drug-likeness (QED) is 0.432. The molecule has 0 saturated heterocycles. The first-order valence-electron chi connectivity index (χ1n) is 5.32. The predicted molar refractivity (Wildman–Crippen MR) is 59.0 cm³/mol. The average molecular weight is 231 g/mol. The molecule has 0 aromatic carbocycles. The maximum Gasteiger partial charge on any atom is 0.320 e. The highest BCUT2D eigenvalue weighted by Gasteiger charge is 2.42. The van der Waals surface area contributed by atoms with Gasteiger partial charge in [0.2, 0.25) is 0 Å². The molecule has 1 saturated carbocycles. The lowest BCUT2D eigenvalue weighted by Crippen LogP contribution is -2.31. The molecule has 1 aliphatic rings. The van der Waals surface area contributed by atoms with Gasteiger partial charge in [-0.3, -0.25) is 9.79 Å². The summed E-state index contributed by atoms with van der Waals surface area (Å²) in [4.78, 5) is 14.5. The smallest absolute Gasteiger partial charge is 0.320 e. The molecule has 0 aliphatic heterocycles. The van der Waals surface area contributed by atoms with Crippen molar-refractivity contribution in [1.82, 2.24) is 0 Å². The molecule has 0 amide bonds. The Bertz CT molecular complexity index is 290. The van der Waals surface area contributed by atoms with Gasteiger partial charge in [0.25, 0.3) is 0 Å². The number of aliphatic imine (C=N–C) groups is 1. The second-order valence-corrected chi connectivity index (χ2v) is 4.42. The molecule has 5 nitrogen and oxygen atoms in total. The third kappa shape index (κ3) is 3.77. The molecule has 0 radical (unpaired) electrons. The Labute approximate surface area is 93.7 Å². The Hall–Kier alpha value is -1.17. The van der Waals surface area contributed by atoms with Crippen LogP contribution in [0.25, 0.3) is 0 Å². The van der Waals surface area contributed by atoms with Gasteiger partial charge in [0.15, 0.2) is 0 Å². The van der Waals surface area contributed by atoms with Crippen molar-refractivity contribution in [3.8, 4) is 0 Å². The summed E-state index contributed by atoms with van der Waals surface area (Å²) in [5.74, 6) is -0.976. The third-order valence-electron chi connectivity index (χ3n) is 3.01. The second kappa shape index (κ2) is 5.25. The number of alkyl halides is 1. The van der Waals surface area contributed by atoms with Crippen LogP contribution in [0.4, 0.5) is 4.39 Å². The molecule has 0 aromatic rings. The summed E-state index contributed by atoms with van der Waals surface area (Å²) in [5, 5.41) is 8.63. The summed E-state index contributed by atoms with van der Waals surface area (Å²) in [6.07, 6.45) is 3.12. The monoisotopic (exact) mass is 231 g/mol. The molecule has 6 heteroatoms. The van der Waals surface area contributed by atoms with Crippen LogP contribution in [0.15, 0.2) is 4.99 Å². The van der Waals surface area contributed by atoms with Crippen LogP contribution in [0.1, 0.15) is 25.7 Å². The van der Waals surface area contributed by atoms with Gasteiger partial charge in [-0.05, 0) is 31.1 Å². The van der Waals surface area contributed by atoms with Crippen LogP contribution in [0.5, 0.6) is 0 Å². The van der Waals surface area contributed by atoms with Crippen LogP contribution >= 0.6 is 0 Å². The molecule has 0 heterocycles. The van der Waals surface area contributed by atoms with E-state index < -0.39 is 18.7 Å². The molecule has 92 valence electrons. The normalized spacial score (nSPS) is 20.5. The number of hydrogen-bond acceptors (Lipinski definition) is 3. The molecule has 0 aromatic heterocycles. The van der Waals surface area contributed by atoms with Crippen LogP contribution in [-0.2, 0) is 4.79 Å². The van der Waals surface area contributed by atoms with Gasteiger partial charge in [-0.1, -0.05) is 0 Å². The topological polar surface area (TPSA) is 102 Å². The largest absolute Gasteiger partial charge is 0.480 e. The van der Waals surface area contributed by atoms with Crippen molar-refractivity contribution in [3.05, 3.63) is 0 Å². The summed E-state index contributed by atoms with van der Waals surface area (Å²) < 4.78 is 12.0. The molecular weight excluding hydrogens is 213 g/mol. The van der Waals surface area contributed by atoms with Crippen LogP contribution in [-0.4, -0.2) is 36.2 Å². The maximum absolute atomic E-state index is 12.0. The molecule has 5 N–H and O–H groups in total. The number of hydrogen-bond donors (Lipinski definition) is 3. The second-order valence-electron chi connectivity index (χ2n) is 4.42. The van der Waals surface area contributed by atoms with Crippen molar-refractivity contribution in [3.63, 3.8) is 0 Å². The number of aliphatic carboxylic acids is 1. The van der Waals surface area contributed by atoms with E-state index in [2.05, 4.69) is 4.99 Å². The van der Waals surface area contributed by atoms with Gasteiger partial charge in [-0.15, -0.1) is 0 Å². The van der Waals surface area contributed by atoms with E-state index in [0.717, 1.165) is 12.8 Å². The number of rotatable bonds is 7. The summed E-state index contributed by atoms with van der Waals surface area (Å²) in [5.41, 5.74) is 10.7. The minimum absolute atomic E-state index is 0.00816. The number of carboxylic acids is 1. The first kappa shape index (κ1) is 12.9. The van der Waals surface area contributed by atoms with Gasteiger partial charge in [-0.25, -0.2) is 4.39 Å². The fourth-order valence-corrected chi connectivity index (χ4v) is 1.56. The minimum Gasteiger partial charge on any atom is -0.480 e. The molecule has 1 unspecified atom stereocenters. The fraction of sp³-hybridized carbons (Fsp3) is 0.800. The summed E-state index contributed by atoms with van der Waals surface area (Å²) in [7, 11) is 0. The summed E-state index contributed by atoms with van der Waals surface area (Å²) in [6, 6.07) is -0.819. The van der Waals surface area contributed by atoms with Crippen LogP contribution in [0.2, 0.25) is 0 Å². The molecule has 1 aliphatic carbocycles. The van der Waals surface area contributed by atoms with E-state index in [4.69, 9.17) is 16.6 Å². The molecule has 1 rings (SSSR count). The maximum atomic E-state index is 12.0. The number of amidine groups is 1. The van der Waals surface area contributed by atoms with Crippen molar-refractivity contribution < 1.29 is 14.3 Å². The lowest BCUT2D eigenvalue weighted by molar-refractivity contribution is -0.138. The summed E-state index contributed by atoms with van der Waals surface area (Å²) >= 11 is 0. The Morgan fingerprint density at radius 1 is 1.56 bits per heavy atom. The standard InChI is InChI=1S/C10H18FN3O2/c11-5-8(13)14-6-10(3-4-10)2-1-7(12)9(15)16/h7H,1-6,12H2,(H2,13,14)(H,15,16). The SMILES string of the molecule is NC(CF)=NCC1(CCC(N)C(=O)O)CC1. The van der Waals surface area contributed by atoms with E-state index in [1.807, 2.05) is 0 Å². The van der Waals surface area contributed by atoms with E-state index in [1.165, 1.54) is 0 Å². The van der Waals surface area contributed by atoms with Crippen LogP contribution in [0.3, 0.4) is 0 Å². The van der Waals surface area contributed by atoms with Gasteiger partial charge in [-0.2, -0.15) is 0 Å². The molecule has 1 atom stereocenters. The fourth-order valence-electron chi connectivity index (χ4n) is 1.56. The van der Waals surface area contributed by atoms with E-state index in [1.54, 1.807) is 0 Å². The number of nitrogens with zero attached hydrogens (tertiary/aromatic N) is 1. The van der Waals surface area contributed by atoms with Crippen molar-refractivity contribution in [1.29, 1.82) is 0 Å². The molecular formula is C10H18FN3O2. The van der Waals surface area contributed by atoms with E-state index >= 15 is 0 Å². The molecule has 16 heavy (non-hydrogen) atoms. The Morgan fingerprint density at radius 2 is 2.19 bits per heavy atom. The van der Waals surface area contributed by atoms with Gasteiger partial charge >= 0.3 is 5.97 Å². The third-order valence-corrected chi connectivity index (χ3v) is 3.01. The first-order chi connectivity index (χ1) is 7.49. The lowest BCUT2D eigenvalue weighted by atomic mass is 9.97. The van der Waals surface area contributed by atoms with Gasteiger partial charge < -0.3 is 16.6 Å². The number of carboxylic acid groups (broad SMARTS) is 1. The van der Waals surface area contributed by atoms with Crippen LogP contribution in [0, 0.1) is 5.41 Å². The van der Waals surface area contributed by atoms with Crippen LogP contribution < -0.4 is 11.5 Å². The Kier molecular flexibility index (Phi) is 4.23. The van der Waals surface area contributed by atoms with Crippen molar-refractivity contribution in [2.45, 2.75) is 31.7 Å². The zero-order valence-electron chi connectivity index (χ0n) is 9.16. The highest BCUT2D eigenvalue weighted by molar-refractivity contribution is 5.81. The Balaban J connectivity index is 2.33. The highest BCUT2D eigenvalue weighted by Crippen LogP contribution is 2.50. The van der Waals surface area contributed by atoms with Gasteiger partial charge in [0.1, 0.15) is 18.6 Å². The number of halogens is 1. The zero-order chi connectivity index (χ0) is 12.2. The average Bonchev–Trinajstić information content (AvgIpc) is 3.03. The predicted octanol–water partition coefficient (Wildman–Crippen LogP) is 0.285. The van der Waals surface area contributed by atoms with E-state index in [9.17, 15) is 9.18 Å². The highest BCUT2D eigenvalue weighted by atomic mass is 19.1. The Morgan fingerprint density at radius 3 is 2.62 bits per heavy atom. The number of nitrogens with two attached hydrogens (primary N) is 2. The van der Waals surface area contributed by atoms with Crippen molar-refractivity contribution in [2.24, 2.45) is 21.9 Å². The van der Waals surface area contributed by atoms with Gasteiger partial charge in [0.05, 0.1) is 0 Å². The molecule has 0 spiro atoms. The minimum atomic E-state index is -0.984. The molecule has 1 fully saturated rings. The zero-order valence-corrected chi connectivity index (χ0v) is 9.16. The summed E-state index contributed by atoms with van der Waals surface area (Å²) in [6.45, 7) is -0.250. The van der Waals surface area contributed by atoms with E-state index in [-0.39, 0.29) is 11.3 Å². The van der Waals surface area contributed by atoms with Crippen molar-refractivity contribution in [2.75, 3.05) is 13.2 Å². The van der Waals surface area contributed by atoms with Crippen molar-refractivity contribution >= 4 is 11.8 Å². The van der Waals surface area contributed by atoms with E-state index in [0.29, 0.717) is 19.4 Å². The molecule has 0 bridgehead atoms. The lowest BCUT2D eigenvalue weighted by Gasteiger charge is -2.14.